The molecule has 0 aromatic heterocycles. The van der Waals surface area contributed by atoms with Crippen LogP contribution >= 0.6 is 23.2 Å². The Kier molecular flexibility index (Phi) is 16.5. The normalized spacial score (nSPS) is 10.9. The van der Waals surface area contributed by atoms with Gasteiger partial charge < -0.3 is 26.8 Å². The third kappa shape index (κ3) is 9.94. The molecule has 100 valence electrons. The van der Waals surface area contributed by atoms with Crippen molar-refractivity contribution in [3.8, 4) is 0 Å². The van der Waals surface area contributed by atoms with Crippen LogP contribution in [0, 0.1) is 0 Å². The van der Waals surface area contributed by atoms with Gasteiger partial charge in [0.25, 0.3) is 0 Å². The van der Waals surface area contributed by atoms with Crippen LogP contribution in [-0.2, 0) is 9.47 Å². The molecule has 1 N–H and O–H groups in total. The van der Waals surface area contributed by atoms with E-state index in [0.717, 1.165) is 19.6 Å². The van der Waals surface area contributed by atoms with E-state index in [-0.39, 0.29) is 18.7 Å². The summed E-state index contributed by atoms with van der Waals surface area (Å²) in [6.07, 6.45) is -0.138. The predicted molar refractivity (Wildman–Crippen MR) is 64.0 cm³/mol. The van der Waals surface area contributed by atoms with Gasteiger partial charge >= 0.3 is 0 Å². The Morgan fingerprint density at radius 3 is 1.75 bits per heavy atom. The average molecular weight is 295 g/mol. The van der Waals surface area contributed by atoms with E-state index in [1.807, 2.05) is 13.8 Å². The molecule has 0 radical (unpaired) electrons. The van der Waals surface area contributed by atoms with E-state index in [1.54, 1.807) is 0 Å². The van der Waals surface area contributed by atoms with Gasteiger partial charge in [-0.1, -0.05) is 0 Å². The highest BCUT2D eigenvalue weighted by Gasteiger charge is 2.16. The smallest absolute Gasteiger partial charge is 0.207 e. The second kappa shape index (κ2) is 13.8. The van der Waals surface area contributed by atoms with Crippen molar-refractivity contribution in [3.05, 3.63) is 0 Å². The molecule has 0 spiro atoms. The fourth-order valence-electron chi connectivity index (χ4n) is 1.37. The molecule has 0 atom stereocenters. The van der Waals surface area contributed by atoms with Crippen molar-refractivity contribution in [1.29, 1.82) is 0 Å². The molecule has 0 aliphatic heterocycles. The Balaban J connectivity index is 0. The maximum Gasteiger partial charge on any atom is 0.207 e. The van der Waals surface area contributed by atoms with E-state index in [4.69, 9.17) is 32.7 Å². The summed E-state index contributed by atoms with van der Waals surface area (Å²) in [5.74, 6) is 1.27. The number of halogens is 3. The van der Waals surface area contributed by atoms with Crippen LogP contribution in [0.2, 0.25) is 0 Å². The van der Waals surface area contributed by atoms with Crippen LogP contribution in [0.25, 0.3) is 0 Å². The standard InChI is InChI=1S/C10H21Cl2NO2.ClH/c1-3-14-10(15-4-2)9-13(7-5-11)8-6-12;/h10H,3-9H2,1-2H3;1H. The number of hydrogen-bond acceptors (Lipinski definition) is 2. The Morgan fingerprint density at radius 2 is 1.44 bits per heavy atom. The monoisotopic (exact) mass is 293 g/mol. The first-order chi connectivity index (χ1) is 7.28. The molecule has 0 aromatic carbocycles. The summed E-state index contributed by atoms with van der Waals surface area (Å²) in [6.45, 7) is 7.86. The van der Waals surface area contributed by atoms with E-state index < -0.39 is 0 Å². The zero-order chi connectivity index (χ0) is 11.5. The van der Waals surface area contributed by atoms with Gasteiger partial charge in [-0.2, -0.15) is 0 Å². The molecule has 0 bridgehead atoms. The largest absolute Gasteiger partial charge is 1.00 e. The first-order valence-corrected chi connectivity index (χ1v) is 6.54. The minimum atomic E-state index is -0.138. The zero-order valence-electron chi connectivity index (χ0n) is 9.98. The van der Waals surface area contributed by atoms with Crippen LogP contribution in [0.3, 0.4) is 0 Å². The molecule has 0 aliphatic carbocycles. The molecule has 0 heterocycles. The van der Waals surface area contributed by atoms with Gasteiger partial charge in [-0.15, -0.1) is 23.2 Å². The van der Waals surface area contributed by atoms with Crippen molar-refractivity contribution in [3.63, 3.8) is 0 Å². The van der Waals surface area contributed by atoms with Crippen LogP contribution in [0.5, 0.6) is 0 Å². The van der Waals surface area contributed by atoms with E-state index in [1.165, 1.54) is 4.90 Å². The maximum atomic E-state index is 5.72. The van der Waals surface area contributed by atoms with Crippen molar-refractivity contribution >= 4 is 23.2 Å². The Bertz CT molecular complexity index is 115. The Morgan fingerprint density at radius 1 is 1.00 bits per heavy atom. The van der Waals surface area contributed by atoms with E-state index in [0.29, 0.717) is 25.0 Å². The third-order valence-corrected chi connectivity index (χ3v) is 2.43. The van der Waals surface area contributed by atoms with Gasteiger partial charge in [0.2, 0.25) is 6.29 Å². The van der Waals surface area contributed by atoms with E-state index in [2.05, 4.69) is 0 Å². The van der Waals surface area contributed by atoms with E-state index >= 15 is 0 Å². The molecular formula is C10H22Cl3NO2. The predicted octanol–water partition coefficient (Wildman–Crippen LogP) is -2.25. The van der Waals surface area contributed by atoms with Gasteiger partial charge in [-0.05, 0) is 13.8 Å². The zero-order valence-corrected chi connectivity index (χ0v) is 12.2. The summed E-state index contributed by atoms with van der Waals surface area (Å²) in [5.41, 5.74) is 0. The highest BCUT2D eigenvalue weighted by Crippen LogP contribution is 1.91. The lowest BCUT2D eigenvalue weighted by Crippen LogP contribution is -3.14. The van der Waals surface area contributed by atoms with Crippen molar-refractivity contribution in [1.82, 2.24) is 0 Å². The number of quaternary nitrogens is 1. The number of rotatable bonds is 10. The molecule has 3 nitrogen and oxygen atoms in total. The van der Waals surface area contributed by atoms with Crippen molar-refractivity contribution in [2.24, 2.45) is 0 Å². The van der Waals surface area contributed by atoms with Gasteiger partial charge in [0.05, 0.1) is 24.8 Å². The molecule has 0 saturated heterocycles. The maximum absolute atomic E-state index is 5.72. The fourth-order valence-corrected chi connectivity index (χ4v) is 1.90. The quantitative estimate of drug-likeness (QED) is 0.363. The average Bonchev–Trinajstić information content (AvgIpc) is 2.19. The molecule has 0 fully saturated rings. The second-order valence-corrected chi connectivity index (χ2v) is 3.93. The second-order valence-electron chi connectivity index (χ2n) is 3.17. The third-order valence-electron chi connectivity index (χ3n) is 2.06. The molecule has 6 heteroatoms. The highest BCUT2D eigenvalue weighted by molar-refractivity contribution is 6.18. The van der Waals surface area contributed by atoms with Crippen LogP contribution in [0.1, 0.15) is 13.8 Å². The van der Waals surface area contributed by atoms with Crippen LogP contribution in [-0.4, -0.2) is 50.9 Å². The van der Waals surface area contributed by atoms with Gasteiger partial charge in [0.15, 0.2) is 0 Å². The van der Waals surface area contributed by atoms with Crippen LogP contribution in [0.4, 0.5) is 0 Å². The van der Waals surface area contributed by atoms with Crippen molar-refractivity contribution in [2.75, 3.05) is 44.6 Å². The Labute approximate surface area is 115 Å². The van der Waals surface area contributed by atoms with Crippen molar-refractivity contribution in [2.45, 2.75) is 20.1 Å². The van der Waals surface area contributed by atoms with Gasteiger partial charge in [-0.3, -0.25) is 0 Å². The number of ether oxygens (including phenoxy) is 2. The first kappa shape index (κ1) is 19.1. The molecule has 0 aliphatic rings. The molecule has 0 amide bonds. The number of hydrogen-bond donors (Lipinski definition) is 1. The van der Waals surface area contributed by atoms with Crippen LogP contribution in [0.15, 0.2) is 0 Å². The molecular weight excluding hydrogens is 272 g/mol. The summed E-state index contributed by atoms with van der Waals surface area (Å²) >= 11 is 11.4. The molecule has 0 rings (SSSR count). The van der Waals surface area contributed by atoms with E-state index in [9.17, 15) is 0 Å². The lowest BCUT2D eigenvalue weighted by atomic mass is 10.4. The first-order valence-electron chi connectivity index (χ1n) is 5.47. The Hall–Kier alpha value is 0.750. The topological polar surface area (TPSA) is 22.9 Å². The fraction of sp³-hybridized carbons (Fsp3) is 1.00. The number of nitrogens with one attached hydrogen (secondary N) is 1. The van der Waals surface area contributed by atoms with Crippen molar-refractivity contribution < 1.29 is 26.8 Å². The van der Waals surface area contributed by atoms with Gasteiger partial charge in [0, 0.05) is 13.2 Å². The highest BCUT2D eigenvalue weighted by atomic mass is 35.5. The molecule has 0 aromatic rings. The lowest BCUT2D eigenvalue weighted by Gasteiger charge is -2.23. The summed E-state index contributed by atoms with van der Waals surface area (Å²) < 4.78 is 11.0. The molecule has 0 unspecified atom stereocenters. The molecule has 16 heavy (non-hydrogen) atoms. The summed E-state index contributed by atoms with van der Waals surface area (Å²) in [4.78, 5) is 1.33. The lowest BCUT2D eigenvalue weighted by molar-refractivity contribution is -0.901. The van der Waals surface area contributed by atoms with Gasteiger partial charge in [-0.25, -0.2) is 0 Å². The summed E-state index contributed by atoms with van der Waals surface area (Å²) in [5, 5.41) is 0. The number of alkyl halides is 2. The van der Waals surface area contributed by atoms with Gasteiger partial charge in [0.1, 0.15) is 6.54 Å². The summed E-state index contributed by atoms with van der Waals surface area (Å²) in [6, 6.07) is 0. The minimum absolute atomic E-state index is 0. The van der Waals surface area contributed by atoms with Crippen LogP contribution < -0.4 is 17.3 Å². The minimum Gasteiger partial charge on any atom is -1.00 e. The summed E-state index contributed by atoms with van der Waals surface area (Å²) in [7, 11) is 0. The SMILES string of the molecule is CCOC(C[NH+](CCCl)CCCl)OCC.[Cl-]. The molecule has 0 saturated carbocycles.